The van der Waals surface area contributed by atoms with Gasteiger partial charge in [0.1, 0.15) is 5.82 Å². The third-order valence-corrected chi connectivity index (χ3v) is 7.20. The average Bonchev–Trinajstić information content (AvgIpc) is 3.36. The molecule has 2 aromatic rings. The maximum absolute atomic E-state index is 14.4. The molecule has 1 aromatic heterocycles. The smallest absolute Gasteiger partial charge is 0.233 e. The summed E-state index contributed by atoms with van der Waals surface area (Å²) in [7, 11) is 0. The number of hydrogen-bond acceptors (Lipinski definition) is 4. The molecule has 0 bridgehead atoms. The lowest BCUT2D eigenvalue weighted by Crippen LogP contribution is -2.48. The molecular weight excluding hydrogens is 387 g/mol. The zero-order valence-electron chi connectivity index (χ0n) is 17.2. The molecule has 0 radical (unpaired) electrons. The molecule has 1 aliphatic carbocycles. The lowest BCUT2D eigenvalue weighted by molar-refractivity contribution is -0.134. The van der Waals surface area contributed by atoms with Crippen molar-refractivity contribution in [3.8, 4) is 11.4 Å². The molecule has 4 rings (SSSR count). The van der Waals surface area contributed by atoms with Gasteiger partial charge in [0.2, 0.25) is 5.91 Å². The molecule has 0 spiro atoms. The van der Waals surface area contributed by atoms with E-state index in [1.807, 2.05) is 11.0 Å². The van der Waals surface area contributed by atoms with Crippen LogP contribution in [0.2, 0.25) is 0 Å². The molecule has 1 saturated heterocycles. The third-order valence-electron chi connectivity index (χ3n) is 6.28. The molecule has 29 heavy (non-hydrogen) atoms. The number of carbonyl (C=O) groups excluding carboxylic acids is 1. The predicted octanol–water partition coefficient (Wildman–Crippen LogP) is 5.08. The molecule has 7 heteroatoms. The minimum Gasteiger partial charge on any atom is -0.337 e. The lowest BCUT2D eigenvalue weighted by Gasteiger charge is -2.39. The van der Waals surface area contributed by atoms with E-state index in [1.54, 1.807) is 12.1 Å². The van der Waals surface area contributed by atoms with E-state index in [0.717, 1.165) is 43.7 Å². The van der Waals surface area contributed by atoms with E-state index in [9.17, 15) is 9.18 Å². The van der Waals surface area contributed by atoms with Crippen molar-refractivity contribution in [3.63, 3.8) is 0 Å². The first kappa shape index (κ1) is 20.4. The van der Waals surface area contributed by atoms with E-state index < -0.39 is 0 Å². The van der Waals surface area contributed by atoms with Crippen molar-refractivity contribution in [2.45, 2.75) is 82.1 Å². The van der Waals surface area contributed by atoms with Crippen LogP contribution in [0.5, 0.6) is 0 Å². The molecule has 2 aliphatic rings. The van der Waals surface area contributed by atoms with Crippen molar-refractivity contribution >= 4 is 17.7 Å². The molecule has 2 heterocycles. The van der Waals surface area contributed by atoms with Crippen molar-refractivity contribution in [2.75, 3.05) is 5.75 Å². The second-order valence-corrected chi connectivity index (χ2v) is 9.26. The van der Waals surface area contributed by atoms with Crippen molar-refractivity contribution in [3.05, 3.63) is 30.1 Å². The number of thioether (sulfide) groups is 1. The van der Waals surface area contributed by atoms with E-state index >= 15 is 0 Å². The molecule has 2 fully saturated rings. The van der Waals surface area contributed by atoms with Gasteiger partial charge in [0.15, 0.2) is 11.0 Å². The Morgan fingerprint density at radius 1 is 1.07 bits per heavy atom. The van der Waals surface area contributed by atoms with Crippen molar-refractivity contribution in [1.29, 1.82) is 0 Å². The van der Waals surface area contributed by atoms with Gasteiger partial charge in [0.05, 0.1) is 11.3 Å². The summed E-state index contributed by atoms with van der Waals surface area (Å²) in [5.74, 6) is 0.784. The molecular formula is C22H29FN4OS. The first-order valence-corrected chi connectivity index (χ1v) is 11.7. The molecule has 5 nitrogen and oxygen atoms in total. The summed E-state index contributed by atoms with van der Waals surface area (Å²) >= 11 is 1.44. The van der Waals surface area contributed by atoms with Crippen molar-refractivity contribution < 1.29 is 9.18 Å². The number of likely N-dealkylation sites (tertiary alicyclic amines) is 1. The number of aromatic nitrogens is 3. The second kappa shape index (κ2) is 8.86. The second-order valence-electron chi connectivity index (χ2n) is 8.31. The van der Waals surface area contributed by atoms with E-state index in [4.69, 9.17) is 0 Å². The summed E-state index contributed by atoms with van der Waals surface area (Å²) in [6.45, 7) is 4.27. The van der Waals surface area contributed by atoms with E-state index in [-0.39, 0.29) is 29.8 Å². The number of benzene rings is 1. The monoisotopic (exact) mass is 416 g/mol. The topological polar surface area (TPSA) is 51.0 Å². The zero-order chi connectivity index (χ0) is 20.4. The summed E-state index contributed by atoms with van der Waals surface area (Å²) in [5, 5.41) is 9.43. The molecule has 0 unspecified atom stereocenters. The number of carbonyl (C=O) groups is 1. The first-order valence-electron chi connectivity index (χ1n) is 10.7. The maximum atomic E-state index is 14.4. The quantitative estimate of drug-likeness (QED) is 0.638. The largest absolute Gasteiger partial charge is 0.337 e. The Morgan fingerprint density at radius 3 is 2.45 bits per heavy atom. The average molecular weight is 417 g/mol. The van der Waals surface area contributed by atoms with Gasteiger partial charge >= 0.3 is 0 Å². The predicted molar refractivity (Wildman–Crippen MR) is 113 cm³/mol. The number of hydrogen-bond donors (Lipinski definition) is 0. The van der Waals surface area contributed by atoms with Crippen LogP contribution in [0, 0.1) is 5.82 Å². The number of rotatable bonds is 5. The highest BCUT2D eigenvalue weighted by atomic mass is 32.2. The minimum absolute atomic E-state index is 0.156. The molecule has 1 aliphatic heterocycles. The Balaban J connectivity index is 1.57. The van der Waals surface area contributed by atoms with Crippen LogP contribution in [0.1, 0.15) is 64.8 Å². The fraction of sp³-hybridized carbons (Fsp3) is 0.591. The van der Waals surface area contributed by atoms with Crippen LogP contribution >= 0.6 is 11.8 Å². The van der Waals surface area contributed by atoms with Crippen LogP contribution in [0.25, 0.3) is 11.4 Å². The Hall–Kier alpha value is -1.89. The van der Waals surface area contributed by atoms with Crippen molar-refractivity contribution in [1.82, 2.24) is 19.7 Å². The number of amides is 1. The Kier molecular flexibility index (Phi) is 6.23. The van der Waals surface area contributed by atoms with Gasteiger partial charge in [0, 0.05) is 18.1 Å². The Bertz CT molecular complexity index is 854. The summed E-state index contributed by atoms with van der Waals surface area (Å²) in [5.41, 5.74) is 0.475. The van der Waals surface area contributed by atoms with Crippen LogP contribution in [-0.4, -0.2) is 43.4 Å². The molecule has 2 atom stereocenters. The van der Waals surface area contributed by atoms with Crippen LogP contribution in [0.3, 0.4) is 0 Å². The van der Waals surface area contributed by atoms with Crippen LogP contribution in [0.4, 0.5) is 4.39 Å². The normalized spacial score (nSPS) is 22.9. The van der Waals surface area contributed by atoms with Gasteiger partial charge in [-0.2, -0.15) is 0 Å². The van der Waals surface area contributed by atoms with Gasteiger partial charge in [-0.1, -0.05) is 36.7 Å². The highest BCUT2D eigenvalue weighted by Gasteiger charge is 2.30. The maximum Gasteiger partial charge on any atom is 0.233 e. The van der Waals surface area contributed by atoms with Crippen LogP contribution in [-0.2, 0) is 4.79 Å². The van der Waals surface area contributed by atoms with Crippen LogP contribution < -0.4 is 0 Å². The SMILES string of the molecule is C[C@@H]1CCC[C@H](C)N1C(=O)CSc1nnc(-c2ccccc2F)n1C1CCCC1. The highest BCUT2D eigenvalue weighted by molar-refractivity contribution is 7.99. The van der Waals surface area contributed by atoms with Gasteiger partial charge in [-0.3, -0.25) is 9.36 Å². The fourth-order valence-electron chi connectivity index (χ4n) is 4.81. The van der Waals surface area contributed by atoms with Gasteiger partial charge in [-0.15, -0.1) is 10.2 Å². The fourth-order valence-corrected chi connectivity index (χ4v) is 5.68. The Morgan fingerprint density at radius 2 is 1.76 bits per heavy atom. The van der Waals surface area contributed by atoms with Gasteiger partial charge in [-0.25, -0.2) is 4.39 Å². The number of halogens is 1. The molecule has 1 amide bonds. The highest BCUT2D eigenvalue weighted by Crippen LogP contribution is 2.37. The first-order chi connectivity index (χ1) is 14.1. The van der Waals surface area contributed by atoms with E-state index in [2.05, 4.69) is 28.6 Å². The summed E-state index contributed by atoms with van der Waals surface area (Å²) in [6.07, 6.45) is 7.72. The molecule has 1 aromatic carbocycles. The number of piperidine rings is 1. The zero-order valence-corrected chi connectivity index (χ0v) is 18.0. The number of nitrogens with zero attached hydrogens (tertiary/aromatic N) is 4. The standard InChI is InChI=1S/C22H29FN4OS/c1-15-8-7-9-16(2)26(15)20(28)14-29-22-25-24-21(18-12-5-6-13-19(18)23)27(22)17-10-3-4-11-17/h5-6,12-13,15-17H,3-4,7-11,14H2,1-2H3/t15-,16+. The van der Waals surface area contributed by atoms with Crippen LogP contribution in [0.15, 0.2) is 29.4 Å². The summed E-state index contributed by atoms with van der Waals surface area (Å²) < 4.78 is 16.5. The summed E-state index contributed by atoms with van der Waals surface area (Å²) in [4.78, 5) is 15.0. The van der Waals surface area contributed by atoms with Crippen molar-refractivity contribution in [2.24, 2.45) is 0 Å². The lowest BCUT2D eigenvalue weighted by atomic mass is 9.98. The van der Waals surface area contributed by atoms with Gasteiger partial charge in [0.25, 0.3) is 0 Å². The van der Waals surface area contributed by atoms with Gasteiger partial charge in [-0.05, 0) is 58.1 Å². The third kappa shape index (κ3) is 4.20. The minimum atomic E-state index is -0.289. The van der Waals surface area contributed by atoms with E-state index in [0.29, 0.717) is 17.1 Å². The molecule has 1 saturated carbocycles. The Labute approximate surface area is 176 Å². The van der Waals surface area contributed by atoms with Gasteiger partial charge < -0.3 is 4.90 Å². The summed E-state index contributed by atoms with van der Waals surface area (Å²) in [6, 6.07) is 7.55. The molecule has 156 valence electrons. The van der Waals surface area contributed by atoms with E-state index in [1.165, 1.54) is 24.2 Å². The molecule has 0 N–H and O–H groups in total.